The third-order valence-corrected chi connectivity index (χ3v) is 8.72. The first kappa shape index (κ1) is 29.5. The van der Waals surface area contributed by atoms with Gasteiger partial charge in [0.2, 0.25) is 9.84 Å². The first-order valence-electron chi connectivity index (χ1n) is 13.4. The molecule has 0 saturated carbocycles. The van der Waals surface area contributed by atoms with Gasteiger partial charge in [-0.3, -0.25) is 0 Å². The van der Waals surface area contributed by atoms with Gasteiger partial charge in [0.1, 0.15) is 24.4 Å². The van der Waals surface area contributed by atoms with E-state index in [0.717, 1.165) is 24.8 Å². The van der Waals surface area contributed by atoms with Crippen LogP contribution in [0.15, 0.2) is 29.2 Å². The molecule has 36 heavy (non-hydrogen) atoms. The van der Waals surface area contributed by atoms with E-state index in [2.05, 4.69) is 6.92 Å². The number of aryl methyl sites for hydroxylation is 1. The van der Waals surface area contributed by atoms with E-state index in [9.17, 15) is 18.6 Å². The molecule has 3 rings (SSSR count). The highest BCUT2D eigenvalue weighted by Gasteiger charge is 2.59. The summed E-state index contributed by atoms with van der Waals surface area (Å²) < 4.78 is 49.6. The minimum absolute atomic E-state index is 0.0729. The van der Waals surface area contributed by atoms with Crippen molar-refractivity contribution in [3.05, 3.63) is 29.8 Å². The molecule has 6 atom stereocenters. The largest absolute Gasteiger partial charge is 0.386 e. The average molecular weight is 529 g/mol. The molecule has 2 fully saturated rings. The fourth-order valence-electron chi connectivity index (χ4n) is 4.83. The average Bonchev–Trinajstić information content (AvgIpc) is 3.32. The second-order valence-electron chi connectivity index (χ2n) is 10.5. The summed E-state index contributed by atoms with van der Waals surface area (Å²) in [4.78, 5) is -0.0729. The maximum Gasteiger partial charge on any atom is 0.207 e. The molecule has 2 heterocycles. The molecule has 1 aromatic carbocycles. The molecule has 9 heteroatoms. The van der Waals surface area contributed by atoms with Gasteiger partial charge in [-0.15, -0.1) is 0 Å². The van der Waals surface area contributed by atoms with Crippen LogP contribution < -0.4 is 0 Å². The summed E-state index contributed by atoms with van der Waals surface area (Å²) >= 11 is 0. The zero-order chi connectivity index (χ0) is 26.3. The molecule has 8 nitrogen and oxygen atoms in total. The van der Waals surface area contributed by atoms with Crippen molar-refractivity contribution in [2.24, 2.45) is 0 Å². The van der Waals surface area contributed by atoms with Gasteiger partial charge in [0, 0.05) is 6.61 Å². The fourth-order valence-corrected chi connectivity index (χ4v) is 6.14. The van der Waals surface area contributed by atoms with Gasteiger partial charge in [-0.2, -0.15) is 0 Å². The third-order valence-electron chi connectivity index (χ3n) is 6.87. The maximum absolute atomic E-state index is 12.9. The highest BCUT2D eigenvalue weighted by atomic mass is 32.2. The standard InChI is InChI=1S/C27H44O8S/c1-5-6-7-8-9-10-11-12-13-18-32-26-24-23(34-27(3,4)35-24)22(33-26)21(28)25(29)36(30,31)20-16-14-19(2)15-17-20/h14-17,21-26,28-29H,5-13,18H2,1-4H3/t21-,22+,23-,24-,25?,26-/m0/s1. The summed E-state index contributed by atoms with van der Waals surface area (Å²) in [6.45, 7) is 8.00. The lowest BCUT2D eigenvalue weighted by molar-refractivity contribution is -0.245. The number of aliphatic hydroxyl groups excluding tert-OH is 2. The van der Waals surface area contributed by atoms with E-state index >= 15 is 0 Å². The predicted octanol–water partition coefficient (Wildman–Crippen LogP) is 4.24. The first-order valence-corrected chi connectivity index (χ1v) is 14.9. The van der Waals surface area contributed by atoms with E-state index in [0.29, 0.717) is 6.61 Å². The Kier molecular flexibility index (Phi) is 10.8. The number of aliphatic hydroxyl groups is 2. The van der Waals surface area contributed by atoms with Crippen molar-refractivity contribution in [3.8, 4) is 0 Å². The van der Waals surface area contributed by atoms with Crippen LogP contribution in [0.4, 0.5) is 0 Å². The number of benzene rings is 1. The Morgan fingerprint density at radius 2 is 1.47 bits per heavy atom. The second-order valence-corrected chi connectivity index (χ2v) is 12.5. The van der Waals surface area contributed by atoms with Crippen molar-refractivity contribution in [1.29, 1.82) is 0 Å². The maximum atomic E-state index is 12.9. The molecule has 2 saturated heterocycles. The molecular formula is C27H44O8S. The van der Waals surface area contributed by atoms with Crippen molar-refractivity contribution in [2.45, 2.75) is 132 Å². The van der Waals surface area contributed by atoms with Crippen LogP contribution >= 0.6 is 0 Å². The molecule has 1 unspecified atom stereocenters. The van der Waals surface area contributed by atoms with Gasteiger partial charge < -0.3 is 29.2 Å². The Labute approximate surface area is 216 Å². The molecule has 0 amide bonds. The zero-order valence-corrected chi connectivity index (χ0v) is 22.9. The monoisotopic (exact) mass is 528 g/mol. The smallest absolute Gasteiger partial charge is 0.207 e. The number of unbranched alkanes of at least 4 members (excludes halogenated alkanes) is 8. The summed E-state index contributed by atoms with van der Waals surface area (Å²) in [7, 11) is -4.22. The summed E-state index contributed by atoms with van der Waals surface area (Å²) in [5.41, 5.74) is -1.20. The number of ether oxygens (including phenoxy) is 4. The van der Waals surface area contributed by atoms with Crippen LogP contribution in [-0.2, 0) is 28.8 Å². The van der Waals surface area contributed by atoms with E-state index in [-0.39, 0.29) is 4.90 Å². The number of hydrogen-bond acceptors (Lipinski definition) is 8. The number of hydrogen-bond donors (Lipinski definition) is 2. The first-order chi connectivity index (χ1) is 17.1. The van der Waals surface area contributed by atoms with Crippen molar-refractivity contribution in [2.75, 3.05) is 6.61 Å². The number of rotatable bonds is 15. The van der Waals surface area contributed by atoms with Crippen molar-refractivity contribution < 1.29 is 37.6 Å². The Morgan fingerprint density at radius 1 is 0.917 bits per heavy atom. The Balaban J connectivity index is 1.54. The number of sulfone groups is 1. The Hall–Kier alpha value is -1.07. The van der Waals surface area contributed by atoms with Gasteiger partial charge in [0.05, 0.1) is 4.90 Å². The Morgan fingerprint density at radius 3 is 2.08 bits per heavy atom. The lowest BCUT2D eigenvalue weighted by Gasteiger charge is -2.28. The molecule has 2 aliphatic rings. The lowest BCUT2D eigenvalue weighted by atomic mass is 10.1. The normalized spacial score (nSPS) is 27.2. The van der Waals surface area contributed by atoms with Crippen molar-refractivity contribution in [1.82, 2.24) is 0 Å². The molecular weight excluding hydrogens is 484 g/mol. The van der Waals surface area contributed by atoms with E-state index in [1.807, 2.05) is 6.92 Å². The van der Waals surface area contributed by atoms with Gasteiger partial charge in [-0.25, -0.2) is 8.42 Å². The topological polar surface area (TPSA) is 112 Å². The summed E-state index contributed by atoms with van der Waals surface area (Å²) in [6.07, 6.45) is 5.65. The van der Waals surface area contributed by atoms with Crippen LogP contribution in [0.3, 0.4) is 0 Å². The lowest BCUT2D eigenvalue weighted by Crippen LogP contribution is -2.47. The Bertz CT molecular complexity index is 901. The minimum atomic E-state index is -4.22. The van der Waals surface area contributed by atoms with Crippen LogP contribution in [-0.4, -0.2) is 67.2 Å². The van der Waals surface area contributed by atoms with E-state index in [1.165, 1.54) is 50.7 Å². The quantitative estimate of drug-likeness (QED) is 0.325. The van der Waals surface area contributed by atoms with E-state index in [4.69, 9.17) is 18.9 Å². The van der Waals surface area contributed by atoms with Gasteiger partial charge in [-0.1, -0.05) is 76.0 Å². The molecule has 2 N–H and O–H groups in total. The van der Waals surface area contributed by atoms with Crippen LogP contribution in [0.5, 0.6) is 0 Å². The van der Waals surface area contributed by atoms with Gasteiger partial charge in [0.25, 0.3) is 0 Å². The molecule has 0 aliphatic carbocycles. The van der Waals surface area contributed by atoms with Crippen LogP contribution in [0.1, 0.15) is 84.1 Å². The van der Waals surface area contributed by atoms with Gasteiger partial charge in [0.15, 0.2) is 17.5 Å². The van der Waals surface area contributed by atoms with Crippen LogP contribution in [0.2, 0.25) is 0 Å². The highest BCUT2D eigenvalue weighted by Crippen LogP contribution is 2.41. The molecule has 0 radical (unpaired) electrons. The molecule has 0 aromatic heterocycles. The summed E-state index contributed by atoms with van der Waals surface area (Å²) in [5, 5.41) is 21.6. The summed E-state index contributed by atoms with van der Waals surface area (Å²) in [5.74, 6) is -0.947. The molecule has 206 valence electrons. The van der Waals surface area contributed by atoms with E-state index in [1.54, 1.807) is 26.0 Å². The second kappa shape index (κ2) is 13.1. The summed E-state index contributed by atoms with van der Waals surface area (Å²) in [6, 6.07) is 6.10. The highest BCUT2D eigenvalue weighted by molar-refractivity contribution is 7.92. The molecule has 0 spiro atoms. The zero-order valence-electron chi connectivity index (χ0n) is 22.1. The van der Waals surface area contributed by atoms with Gasteiger partial charge >= 0.3 is 0 Å². The number of fused-ring (bicyclic) bond motifs is 1. The third kappa shape index (κ3) is 7.49. The van der Waals surface area contributed by atoms with E-state index < -0.39 is 51.8 Å². The van der Waals surface area contributed by atoms with Crippen LogP contribution in [0, 0.1) is 6.92 Å². The predicted molar refractivity (Wildman–Crippen MR) is 136 cm³/mol. The molecule has 1 aromatic rings. The van der Waals surface area contributed by atoms with Crippen molar-refractivity contribution in [3.63, 3.8) is 0 Å². The van der Waals surface area contributed by atoms with Gasteiger partial charge in [-0.05, 0) is 39.3 Å². The minimum Gasteiger partial charge on any atom is -0.386 e. The molecule has 2 aliphatic heterocycles. The van der Waals surface area contributed by atoms with Crippen molar-refractivity contribution >= 4 is 9.84 Å². The van der Waals surface area contributed by atoms with Crippen LogP contribution in [0.25, 0.3) is 0 Å². The SMILES string of the molecule is CCCCCCCCCCCO[C@H]1O[C@H]([C@H](O)C(O)S(=O)(=O)c2ccc(C)cc2)[C@@H]2OC(C)(C)O[C@H]12. The fraction of sp³-hybridized carbons (Fsp3) is 0.778. The molecule has 0 bridgehead atoms.